The molecule has 0 aliphatic rings. The normalized spacial score (nSPS) is 8.95. The Hall–Kier alpha value is -2.97. The molecule has 0 saturated carbocycles. The van der Waals surface area contributed by atoms with E-state index in [2.05, 4.69) is 24.1 Å². The number of hydrogen-bond donors (Lipinski definition) is 1. The molecule has 0 saturated heterocycles. The quantitative estimate of drug-likeness (QED) is 0.837. The SMILES string of the molecule is CCN(CC)c1ccc(NC(C#N)=C(C#N)C#N)c(C)c1. The highest BCUT2D eigenvalue weighted by Crippen LogP contribution is 2.24. The molecule has 0 spiro atoms. The highest BCUT2D eigenvalue weighted by Gasteiger charge is 2.09. The Kier molecular flexibility index (Phi) is 5.80. The molecule has 0 aromatic heterocycles. The maximum atomic E-state index is 9.05. The van der Waals surface area contributed by atoms with Gasteiger partial charge in [-0.15, -0.1) is 0 Å². The minimum Gasteiger partial charge on any atom is -0.372 e. The molecule has 5 heteroatoms. The molecule has 0 fully saturated rings. The smallest absolute Gasteiger partial charge is 0.163 e. The summed E-state index contributed by atoms with van der Waals surface area (Å²) in [5.41, 5.74) is 2.52. The standard InChI is InChI=1S/C16H17N5/c1-4-21(5-2)14-6-7-15(12(3)8-14)20-16(11-19)13(9-17)10-18/h6-8,20H,4-5H2,1-3H3. The topological polar surface area (TPSA) is 86.6 Å². The fourth-order valence-corrected chi connectivity index (χ4v) is 1.99. The number of anilines is 2. The van der Waals surface area contributed by atoms with Crippen LogP contribution >= 0.6 is 0 Å². The van der Waals surface area contributed by atoms with Gasteiger partial charge in [0.15, 0.2) is 5.57 Å². The van der Waals surface area contributed by atoms with E-state index in [1.165, 1.54) is 0 Å². The van der Waals surface area contributed by atoms with Gasteiger partial charge < -0.3 is 10.2 Å². The Bertz CT molecular complexity index is 647. The number of rotatable bonds is 5. The summed E-state index contributed by atoms with van der Waals surface area (Å²) in [6.45, 7) is 7.93. The van der Waals surface area contributed by atoms with Crippen molar-refractivity contribution in [1.29, 1.82) is 15.8 Å². The van der Waals surface area contributed by atoms with Gasteiger partial charge in [-0.2, -0.15) is 15.8 Å². The molecule has 21 heavy (non-hydrogen) atoms. The number of nitriles is 3. The van der Waals surface area contributed by atoms with Crippen molar-refractivity contribution in [2.75, 3.05) is 23.3 Å². The van der Waals surface area contributed by atoms with Crippen LogP contribution < -0.4 is 10.2 Å². The van der Waals surface area contributed by atoms with Crippen molar-refractivity contribution < 1.29 is 0 Å². The third-order valence-electron chi connectivity index (χ3n) is 3.18. The monoisotopic (exact) mass is 279 g/mol. The molecule has 1 aromatic rings. The molecule has 0 amide bonds. The zero-order chi connectivity index (χ0) is 15.8. The summed E-state index contributed by atoms with van der Waals surface area (Å²) in [4.78, 5) is 2.22. The number of aryl methyl sites for hydroxylation is 1. The van der Waals surface area contributed by atoms with Crippen LogP contribution in [0.2, 0.25) is 0 Å². The lowest BCUT2D eigenvalue weighted by Crippen LogP contribution is -2.21. The molecule has 106 valence electrons. The van der Waals surface area contributed by atoms with Crippen LogP contribution in [0, 0.1) is 40.9 Å². The first-order valence-corrected chi connectivity index (χ1v) is 6.68. The summed E-state index contributed by atoms with van der Waals surface area (Å²) in [5, 5.41) is 29.6. The molecule has 0 aliphatic heterocycles. The van der Waals surface area contributed by atoms with E-state index < -0.39 is 0 Å². The second-order valence-corrected chi connectivity index (χ2v) is 4.38. The van der Waals surface area contributed by atoms with Crippen LogP contribution in [0.4, 0.5) is 11.4 Å². The van der Waals surface area contributed by atoms with E-state index in [0.717, 1.165) is 24.3 Å². The Balaban J connectivity index is 3.14. The van der Waals surface area contributed by atoms with Gasteiger partial charge in [0.2, 0.25) is 0 Å². The Morgan fingerprint density at radius 2 is 1.71 bits per heavy atom. The molecule has 0 atom stereocenters. The Morgan fingerprint density at radius 3 is 2.14 bits per heavy atom. The summed E-state index contributed by atoms with van der Waals surface area (Å²) in [6, 6.07) is 11.1. The molecule has 1 N–H and O–H groups in total. The van der Waals surface area contributed by atoms with E-state index in [0.29, 0.717) is 5.69 Å². The predicted octanol–water partition coefficient (Wildman–Crippen LogP) is 3.08. The molecule has 5 nitrogen and oxygen atoms in total. The Labute approximate surface area is 125 Å². The zero-order valence-electron chi connectivity index (χ0n) is 12.4. The average molecular weight is 279 g/mol. The minimum atomic E-state index is -0.218. The van der Waals surface area contributed by atoms with Gasteiger partial charge in [0.25, 0.3) is 0 Å². The average Bonchev–Trinajstić information content (AvgIpc) is 2.50. The number of allylic oxidation sites excluding steroid dienone is 2. The van der Waals surface area contributed by atoms with Gasteiger partial charge in [0.1, 0.15) is 23.9 Å². The molecule has 1 rings (SSSR count). The first-order chi connectivity index (χ1) is 10.1. The first kappa shape index (κ1) is 16.1. The molecule has 0 aliphatic carbocycles. The molecule has 0 unspecified atom stereocenters. The van der Waals surface area contributed by atoms with Crippen molar-refractivity contribution in [3.63, 3.8) is 0 Å². The van der Waals surface area contributed by atoms with Gasteiger partial charge in [-0.05, 0) is 44.5 Å². The maximum absolute atomic E-state index is 9.05. The van der Waals surface area contributed by atoms with Crippen LogP contribution in [0.15, 0.2) is 29.5 Å². The highest BCUT2D eigenvalue weighted by molar-refractivity contribution is 5.65. The lowest BCUT2D eigenvalue weighted by Gasteiger charge is -2.22. The lowest BCUT2D eigenvalue weighted by molar-refractivity contribution is 0.866. The fraction of sp³-hybridized carbons (Fsp3) is 0.312. The summed E-state index contributed by atoms with van der Waals surface area (Å²) in [7, 11) is 0. The van der Waals surface area contributed by atoms with Crippen molar-refractivity contribution in [2.24, 2.45) is 0 Å². The molecular formula is C16H17N5. The number of nitrogens with zero attached hydrogens (tertiary/aromatic N) is 4. The lowest BCUT2D eigenvalue weighted by atomic mass is 10.1. The van der Waals surface area contributed by atoms with Crippen LogP contribution in [-0.4, -0.2) is 13.1 Å². The maximum Gasteiger partial charge on any atom is 0.163 e. The van der Waals surface area contributed by atoms with Crippen LogP contribution in [0.3, 0.4) is 0 Å². The summed E-state index contributed by atoms with van der Waals surface area (Å²) in [6.07, 6.45) is 0. The van der Waals surface area contributed by atoms with Crippen LogP contribution in [-0.2, 0) is 0 Å². The largest absolute Gasteiger partial charge is 0.372 e. The van der Waals surface area contributed by atoms with Gasteiger partial charge in [0.05, 0.1) is 0 Å². The summed E-state index contributed by atoms with van der Waals surface area (Å²) in [5.74, 6) is 0. The minimum absolute atomic E-state index is 0.0290. The fourth-order valence-electron chi connectivity index (χ4n) is 1.99. The van der Waals surface area contributed by atoms with Crippen LogP contribution in [0.25, 0.3) is 0 Å². The molecule has 0 radical (unpaired) electrons. The van der Waals surface area contributed by atoms with E-state index in [1.54, 1.807) is 12.1 Å². The molecule has 0 bridgehead atoms. The van der Waals surface area contributed by atoms with E-state index in [4.69, 9.17) is 15.8 Å². The molecule has 0 heterocycles. The predicted molar refractivity (Wildman–Crippen MR) is 82.2 cm³/mol. The van der Waals surface area contributed by atoms with E-state index in [1.807, 2.05) is 31.2 Å². The van der Waals surface area contributed by atoms with Crippen molar-refractivity contribution in [3.8, 4) is 18.2 Å². The molecular weight excluding hydrogens is 262 g/mol. The van der Waals surface area contributed by atoms with E-state index >= 15 is 0 Å². The summed E-state index contributed by atoms with van der Waals surface area (Å²) < 4.78 is 0. The first-order valence-electron chi connectivity index (χ1n) is 6.68. The van der Waals surface area contributed by atoms with Crippen molar-refractivity contribution in [2.45, 2.75) is 20.8 Å². The third-order valence-corrected chi connectivity index (χ3v) is 3.18. The van der Waals surface area contributed by atoms with Crippen LogP contribution in [0.5, 0.6) is 0 Å². The number of hydrogen-bond acceptors (Lipinski definition) is 5. The van der Waals surface area contributed by atoms with Crippen molar-refractivity contribution in [1.82, 2.24) is 0 Å². The van der Waals surface area contributed by atoms with E-state index in [9.17, 15) is 0 Å². The van der Waals surface area contributed by atoms with Gasteiger partial charge in [-0.3, -0.25) is 0 Å². The van der Waals surface area contributed by atoms with Crippen molar-refractivity contribution in [3.05, 3.63) is 35.0 Å². The van der Waals surface area contributed by atoms with Gasteiger partial charge >= 0.3 is 0 Å². The second kappa shape index (κ2) is 7.58. The van der Waals surface area contributed by atoms with Crippen LogP contribution in [0.1, 0.15) is 19.4 Å². The second-order valence-electron chi connectivity index (χ2n) is 4.38. The van der Waals surface area contributed by atoms with Gasteiger partial charge in [-0.1, -0.05) is 0 Å². The third kappa shape index (κ3) is 3.75. The highest BCUT2D eigenvalue weighted by atomic mass is 15.1. The number of nitrogens with one attached hydrogen (secondary N) is 1. The number of benzene rings is 1. The van der Waals surface area contributed by atoms with Gasteiger partial charge in [-0.25, -0.2) is 0 Å². The zero-order valence-corrected chi connectivity index (χ0v) is 12.4. The van der Waals surface area contributed by atoms with Crippen molar-refractivity contribution >= 4 is 11.4 Å². The molecule has 1 aromatic carbocycles. The Morgan fingerprint density at radius 1 is 1.10 bits per heavy atom. The summed E-state index contributed by atoms with van der Waals surface area (Å²) >= 11 is 0. The van der Waals surface area contributed by atoms with E-state index in [-0.39, 0.29) is 11.3 Å². The van der Waals surface area contributed by atoms with Gasteiger partial charge in [0, 0.05) is 24.5 Å².